The predicted molar refractivity (Wildman–Crippen MR) is 249 cm³/mol. The monoisotopic (exact) mass is 913 g/mol. The van der Waals surface area contributed by atoms with E-state index >= 15 is 0 Å². The van der Waals surface area contributed by atoms with Crippen molar-refractivity contribution in [1.82, 2.24) is 0 Å². The lowest BCUT2D eigenvalue weighted by Crippen LogP contribution is -2.64. The van der Waals surface area contributed by atoms with E-state index in [4.69, 9.17) is 18.5 Å². The highest BCUT2D eigenvalue weighted by Gasteiger charge is 2.51. The van der Waals surface area contributed by atoms with Crippen LogP contribution in [0.5, 0.6) is 0 Å². The average molecular weight is 913 g/mol. The molecule has 1 aliphatic carbocycles. The number of esters is 2. The van der Waals surface area contributed by atoms with Gasteiger partial charge in [-0.1, -0.05) is 145 Å². The van der Waals surface area contributed by atoms with Crippen molar-refractivity contribution in [2.45, 2.75) is 224 Å². The fourth-order valence-electron chi connectivity index (χ4n) is 6.91. The summed E-state index contributed by atoms with van der Waals surface area (Å²) in [5.41, 5.74) is 0. The Morgan fingerprint density at radius 1 is 0.492 bits per heavy atom. The van der Waals surface area contributed by atoms with E-state index in [1.165, 1.54) is 38.5 Å². The fraction of sp³-hybridized carbons (Fsp3) is 0.755. The topological polar surface area (TPSA) is 210 Å². The fourth-order valence-corrected chi connectivity index (χ4v) is 7.88. The number of hydrogen-bond acceptors (Lipinski definition) is 12. The highest BCUT2D eigenvalue weighted by atomic mass is 31.2. The third kappa shape index (κ3) is 31.2. The number of aliphatic hydroxyl groups is 5. The van der Waals surface area contributed by atoms with E-state index in [0.29, 0.717) is 12.8 Å². The van der Waals surface area contributed by atoms with Crippen LogP contribution in [0, 0.1) is 0 Å². The van der Waals surface area contributed by atoms with E-state index in [1.807, 2.05) is 0 Å². The maximum atomic E-state index is 12.8. The number of unbranched alkanes of at least 4 members (excludes halogenated alkanes) is 17. The minimum absolute atomic E-state index is 0.0766. The van der Waals surface area contributed by atoms with Crippen LogP contribution in [-0.4, -0.2) is 98.3 Å². The molecule has 0 spiro atoms. The number of phosphoric ester groups is 1. The maximum absolute atomic E-state index is 12.8. The van der Waals surface area contributed by atoms with Crippen molar-refractivity contribution >= 4 is 19.8 Å². The SMILES string of the molecule is CCCCCC=CCC=CCC=CCCCCCCCCC(=O)OC(COC(=O)CCCCCCCC=CCC=CCCCCC)COP(=O)(O)OC1C(O)C(O)C(O)C(O)C1O. The minimum Gasteiger partial charge on any atom is -0.462 e. The van der Waals surface area contributed by atoms with Crippen LogP contribution in [0.15, 0.2) is 60.8 Å². The van der Waals surface area contributed by atoms with Gasteiger partial charge in [0.25, 0.3) is 0 Å². The molecule has 1 aliphatic rings. The first-order valence-corrected chi connectivity index (χ1v) is 25.6. The van der Waals surface area contributed by atoms with Crippen LogP contribution >= 0.6 is 7.82 Å². The Balaban J connectivity index is 2.46. The van der Waals surface area contributed by atoms with E-state index in [1.54, 1.807) is 0 Å². The van der Waals surface area contributed by atoms with Gasteiger partial charge in [0.15, 0.2) is 6.10 Å². The van der Waals surface area contributed by atoms with Gasteiger partial charge in [-0.15, -0.1) is 0 Å². The second-order valence-electron chi connectivity index (χ2n) is 16.6. The van der Waals surface area contributed by atoms with Gasteiger partial charge < -0.3 is 39.9 Å². The molecule has 1 saturated carbocycles. The van der Waals surface area contributed by atoms with E-state index in [-0.39, 0.29) is 12.8 Å². The van der Waals surface area contributed by atoms with Crippen LogP contribution < -0.4 is 0 Å². The molecule has 0 heterocycles. The summed E-state index contributed by atoms with van der Waals surface area (Å²) in [5, 5.41) is 50.2. The summed E-state index contributed by atoms with van der Waals surface area (Å²) in [4.78, 5) is 35.7. The summed E-state index contributed by atoms with van der Waals surface area (Å²) in [6, 6.07) is 0. The molecule has 0 aromatic rings. The number of allylic oxidation sites excluding steroid dienone is 10. The molecule has 0 radical (unpaired) electrons. The molecular formula is C49H85O13P. The van der Waals surface area contributed by atoms with Gasteiger partial charge in [0.1, 0.15) is 43.2 Å². The van der Waals surface area contributed by atoms with Gasteiger partial charge in [-0.3, -0.25) is 18.6 Å². The molecule has 0 aromatic carbocycles. The molecule has 6 N–H and O–H groups in total. The van der Waals surface area contributed by atoms with Crippen molar-refractivity contribution in [3.63, 3.8) is 0 Å². The van der Waals surface area contributed by atoms with Crippen molar-refractivity contribution in [3.8, 4) is 0 Å². The molecule has 0 aromatic heterocycles. The molecule has 1 fully saturated rings. The molecule has 6 unspecified atom stereocenters. The lowest BCUT2D eigenvalue weighted by atomic mass is 9.85. The van der Waals surface area contributed by atoms with Crippen LogP contribution in [0.1, 0.15) is 181 Å². The van der Waals surface area contributed by atoms with Gasteiger partial charge in [0.2, 0.25) is 0 Å². The molecule has 13 nitrogen and oxygen atoms in total. The molecule has 6 atom stereocenters. The zero-order valence-corrected chi connectivity index (χ0v) is 39.5. The highest BCUT2D eigenvalue weighted by Crippen LogP contribution is 2.47. The summed E-state index contributed by atoms with van der Waals surface area (Å²) < 4.78 is 33.5. The number of carbonyl (C=O) groups is 2. The summed E-state index contributed by atoms with van der Waals surface area (Å²) in [6.07, 6.45) is 34.0. The summed E-state index contributed by atoms with van der Waals surface area (Å²) >= 11 is 0. The zero-order valence-electron chi connectivity index (χ0n) is 38.6. The molecule has 0 aliphatic heterocycles. The first-order valence-electron chi connectivity index (χ1n) is 24.1. The second kappa shape index (κ2) is 38.8. The van der Waals surface area contributed by atoms with Crippen LogP contribution in [0.4, 0.5) is 0 Å². The van der Waals surface area contributed by atoms with Gasteiger partial charge in [0.05, 0.1) is 6.61 Å². The number of aliphatic hydroxyl groups excluding tert-OH is 5. The van der Waals surface area contributed by atoms with Gasteiger partial charge >= 0.3 is 19.8 Å². The number of phosphoric acid groups is 1. The summed E-state index contributed by atoms with van der Waals surface area (Å²) in [6.45, 7) is 3.22. The summed E-state index contributed by atoms with van der Waals surface area (Å²) in [5.74, 6) is -1.13. The van der Waals surface area contributed by atoms with Crippen molar-refractivity contribution in [2.75, 3.05) is 13.2 Å². The third-order valence-corrected chi connectivity index (χ3v) is 11.8. The molecule has 14 heteroatoms. The molecule has 1 rings (SSSR count). The standard InChI is InChI=1S/C49H85O13P/c1-3-5-7-9-11-13-15-17-19-20-21-22-24-26-28-30-32-34-36-38-43(51)61-41(40-60-63(57,58)62-49-47(55)45(53)44(52)46(54)48(49)56)39-59-42(50)37-35-33-31-29-27-25-23-18-16-14-12-10-8-6-4-2/h11-14,17-19,21-23,41,44-49,52-56H,3-10,15-16,20,24-40H2,1-2H3,(H,57,58). The van der Waals surface area contributed by atoms with Gasteiger partial charge in [-0.2, -0.15) is 0 Å². The predicted octanol–water partition coefficient (Wildman–Crippen LogP) is 9.73. The lowest BCUT2D eigenvalue weighted by Gasteiger charge is -2.41. The van der Waals surface area contributed by atoms with E-state index in [9.17, 15) is 44.6 Å². The van der Waals surface area contributed by atoms with Crippen molar-refractivity contribution in [3.05, 3.63) is 60.8 Å². The zero-order chi connectivity index (χ0) is 46.4. The number of hydrogen-bond donors (Lipinski definition) is 6. The van der Waals surface area contributed by atoms with E-state index in [2.05, 4.69) is 74.6 Å². The van der Waals surface area contributed by atoms with Crippen LogP contribution in [0.2, 0.25) is 0 Å². The average Bonchev–Trinajstić information content (AvgIpc) is 3.26. The molecule has 0 amide bonds. The first kappa shape index (κ1) is 58.6. The van der Waals surface area contributed by atoms with Gasteiger partial charge in [-0.25, -0.2) is 4.57 Å². The van der Waals surface area contributed by atoms with Gasteiger partial charge in [-0.05, 0) is 83.5 Å². The van der Waals surface area contributed by atoms with Crippen molar-refractivity contribution < 1.29 is 63.1 Å². The molecule has 0 saturated heterocycles. The molecule has 63 heavy (non-hydrogen) atoms. The Hall–Kier alpha value is -2.45. The van der Waals surface area contributed by atoms with Gasteiger partial charge in [0, 0.05) is 12.8 Å². The van der Waals surface area contributed by atoms with Crippen molar-refractivity contribution in [1.29, 1.82) is 0 Å². The Morgan fingerprint density at radius 3 is 1.30 bits per heavy atom. The van der Waals surface area contributed by atoms with Crippen LogP contribution in [-0.2, 0) is 32.7 Å². The van der Waals surface area contributed by atoms with E-state index in [0.717, 1.165) is 103 Å². The minimum atomic E-state index is -5.13. The van der Waals surface area contributed by atoms with Crippen LogP contribution in [0.25, 0.3) is 0 Å². The number of carbonyl (C=O) groups excluding carboxylic acids is 2. The Bertz CT molecular complexity index is 1330. The second-order valence-corrected chi connectivity index (χ2v) is 18.0. The number of rotatable bonds is 39. The van der Waals surface area contributed by atoms with Crippen LogP contribution in [0.3, 0.4) is 0 Å². The van der Waals surface area contributed by atoms with E-state index < -0.39 is 75.7 Å². The maximum Gasteiger partial charge on any atom is 0.472 e. The Labute approximate surface area is 379 Å². The first-order chi connectivity index (χ1) is 30.4. The Kier molecular flexibility index (Phi) is 36.1. The molecular weight excluding hydrogens is 828 g/mol. The quantitative estimate of drug-likeness (QED) is 0.0147. The smallest absolute Gasteiger partial charge is 0.462 e. The molecule has 364 valence electrons. The van der Waals surface area contributed by atoms with Crippen molar-refractivity contribution in [2.24, 2.45) is 0 Å². The third-order valence-electron chi connectivity index (χ3n) is 10.8. The summed E-state index contributed by atoms with van der Waals surface area (Å²) in [7, 11) is -5.13. The highest BCUT2D eigenvalue weighted by molar-refractivity contribution is 7.47. The lowest BCUT2D eigenvalue weighted by molar-refractivity contribution is -0.220. The molecule has 0 bridgehead atoms. The Morgan fingerprint density at radius 2 is 0.857 bits per heavy atom. The number of ether oxygens (including phenoxy) is 2. The largest absolute Gasteiger partial charge is 0.472 e. The normalized spacial score (nSPS) is 22.2.